The maximum atomic E-state index is 5.26. The number of rotatable bonds is 3. The van der Waals surface area contributed by atoms with Gasteiger partial charge in [0.1, 0.15) is 0 Å². The van der Waals surface area contributed by atoms with Gasteiger partial charge in [-0.1, -0.05) is 5.21 Å². The zero-order chi connectivity index (χ0) is 9.80. The molecule has 1 aliphatic heterocycles. The van der Waals surface area contributed by atoms with E-state index in [1.807, 2.05) is 11.6 Å². The van der Waals surface area contributed by atoms with E-state index in [4.69, 9.17) is 4.74 Å². The first-order valence-electron chi connectivity index (χ1n) is 4.88. The molecule has 78 valence electrons. The Bertz CT molecular complexity index is 281. The van der Waals surface area contributed by atoms with Crippen molar-refractivity contribution in [2.24, 2.45) is 0 Å². The molecule has 1 aromatic heterocycles. The van der Waals surface area contributed by atoms with E-state index in [0.29, 0.717) is 0 Å². The number of anilines is 1. The quantitative estimate of drug-likeness (QED) is 0.736. The van der Waals surface area contributed by atoms with Crippen LogP contribution in [0, 0.1) is 0 Å². The third kappa shape index (κ3) is 2.02. The van der Waals surface area contributed by atoms with Crippen molar-refractivity contribution < 1.29 is 4.74 Å². The Morgan fingerprint density at radius 3 is 3.00 bits per heavy atom. The number of nitrogens with one attached hydrogen (secondary N) is 1. The molecule has 1 aromatic rings. The van der Waals surface area contributed by atoms with Crippen LogP contribution in [0.2, 0.25) is 0 Å². The van der Waals surface area contributed by atoms with Gasteiger partial charge in [0.15, 0.2) is 5.82 Å². The summed E-state index contributed by atoms with van der Waals surface area (Å²) in [5.41, 5.74) is 3.27. The molecule has 6 heteroatoms. The average molecular weight is 197 g/mol. The summed E-state index contributed by atoms with van der Waals surface area (Å²) >= 11 is 0. The molecule has 0 aromatic carbocycles. The van der Waals surface area contributed by atoms with Crippen molar-refractivity contribution in [3.05, 3.63) is 6.20 Å². The summed E-state index contributed by atoms with van der Waals surface area (Å²) in [7, 11) is 0. The van der Waals surface area contributed by atoms with Crippen LogP contribution in [0.3, 0.4) is 0 Å². The van der Waals surface area contributed by atoms with E-state index in [1.165, 1.54) is 0 Å². The number of hydrogen-bond acceptors (Lipinski definition) is 5. The molecule has 0 radical (unpaired) electrons. The molecule has 2 rings (SSSR count). The first-order chi connectivity index (χ1) is 6.90. The molecule has 6 nitrogen and oxygen atoms in total. The number of hydrogen-bond donors (Lipinski definition) is 1. The SMILES string of the molecule is CCn1nncc1NN1CCOCC1. The first-order valence-corrected chi connectivity index (χ1v) is 4.88. The summed E-state index contributed by atoms with van der Waals surface area (Å²) in [5, 5.41) is 9.92. The fraction of sp³-hybridized carbons (Fsp3) is 0.750. The molecule has 0 spiro atoms. The molecular weight excluding hydrogens is 182 g/mol. The number of aromatic nitrogens is 3. The van der Waals surface area contributed by atoms with Gasteiger partial charge in [0.05, 0.1) is 19.4 Å². The van der Waals surface area contributed by atoms with Crippen LogP contribution in [0.4, 0.5) is 5.82 Å². The topological polar surface area (TPSA) is 55.2 Å². The van der Waals surface area contributed by atoms with Crippen molar-refractivity contribution in [2.75, 3.05) is 31.7 Å². The highest BCUT2D eigenvalue weighted by atomic mass is 16.5. The molecule has 1 N–H and O–H groups in total. The van der Waals surface area contributed by atoms with Gasteiger partial charge >= 0.3 is 0 Å². The van der Waals surface area contributed by atoms with E-state index >= 15 is 0 Å². The number of ether oxygens (including phenoxy) is 1. The Morgan fingerprint density at radius 1 is 1.50 bits per heavy atom. The van der Waals surface area contributed by atoms with Crippen molar-refractivity contribution in [3.63, 3.8) is 0 Å². The summed E-state index contributed by atoms with van der Waals surface area (Å²) in [6, 6.07) is 0. The molecule has 0 aliphatic carbocycles. The molecule has 0 bridgehead atoms. The highest BCUT2D eigenvalue weighted by Gasteiger charge is 2.11. The van der Waals surface area contributed by atoms with Crippen molar-refractivity contribution in [2.45, 2.75) is 13.5 Å². The second-order valence-electron chi connectivity index (χ2n) is 3.15. The van der Waals surface area contributed by atoms with Crippen LogP contribution in [0.15, 0.2) is 6.20 Å². The Morgan fingerprint density at radius 2 is 2.29 bits per heavy atom. The van der Waals surface area contributed by atoms with Gasteiger partial charge in [0.2, 0.25) is 0 Å². The van der Waals surface area contributed by atoms with E-state index in [-0.39, 0.29) is 0 Å². The van der Waals surface area contributed by atoms with Crippen LogP contribution in [0.1, 0.15) is 6.92 Å². The van der Waals surface area contributed by atoms with E-state index in [0.717, 1.165) is 38.7 Å². The molecule has 1 aliphatic rings. The van der Waals surface area contributed by atoms with Gasteiger partial charge in [-0.05, 0) is 6.92 Å². The molecule has 1 saturated heterocycles. The average Bonchev–Trinajstić information content (AvgIpc) is 2.67. The summed E-state index contributed by atoms with van der Waals surface area (Å²) < 4.78 is 7.08. The van der Waals surface area contributed by atoms with Gasteiger partial charge in [-0.2, -0.15) is 0 Å². The highest BCUT2D eigenvalue weighted by Crippen LogP contribution is 2.06. The summed E-state index contributed by atoms with van der Waals surface area (Å²) in [6.45, 7) is 6.22. The Hall–Kier alpha value is -1.14. The normalized spacial score (nSPS) is 18.4. The van der Waals surface area contributed by atoms with Gasteiger partial charge in [0, 0.05) is 19.6 Å². The second kappa shape index (κ2) is 4.39. The molecule has 14 heavy (non-hydrogen) atoms. The Kier molecular flexibility index (Phi) is 2.95. The van der Waals surface area contributed by atoms with Crippen molar-refractivity contribution in [1.82, 2.24) is 20.0 Å². The van der Waals surface area contributed by atoms with Crippen LogP contribution in [0.5, 0.6) is 0 Å². The maximum Gasteiger partial charge on any atom is 0.159 e. The fourth-order valence-electron chi connectivity index (χ4n) is 1.41. The Balaban J connectivity index is 1.95. The molecule has 2 heterocycles. The van der Waals surface area contributed by atoms with Gasteiger partial charge in [-0.25, -0.2) is 9.69 Å². The van der Waals surface area contributed by atoms with Crippen molar-refractivity contribution >= 4 is 5.82 Å². The minimum Gasteiger partial charge on any atom is -0.379 e. The third-order valence-electron chi connectivity index (χ3n) is 2.20. The largest absolute Gasteiger partial charge is 0.379 e. The zero-order valence-corrected chi connectivity index (χ0v) is 8.31. The highest BCUT2D eigenvalue weighted by molar-refractivity contribution is 5.29. The molecule has 0 amide bonds. The number of morpholine rings is 1. The lowest BCUT2D eigenvalue weighted by Gasteiger charge is -2.27. The second-order valence-corrected chi connectivity index (χ2v) is 3.15. The smallest absolute Gasteiger partial charge is 0.159 e. The van der Waals surface area contributed by atoms with Crippen molar-refractivity contribution in [3.8, 4) is 0 Å². The Labute approximate surface area is 82.8 Å². The number of nitrogens with zero attached hydrogens (tertiary/aromatic N) is 4. The van der Waals surface area contributed by atoms with Gasteiger partial charge in [-0.3, -0.25) is 0 Å². The van der Waals surface area contributed by atoms with Crippen LogP contribution in [-0.4, -0.2) is 46.3 Å². The summed E-state index contributed by atoms with van der Waals surface area (Å²) in [6.07, 6.45) is 1.74. The van der Waals surface area contributed by atoms with Crippen LogP contribution < -0.4 is 5.43 Å². The third-order valence-corrected chi connectivity index (χ3v) is 2.20. The maximum absolute atomic E-state index is 5.26. The van der Waals surface area contributed by atoms with Crippen LogP contribution in [-0.2, 0) is 11.3 Å². The minimum absolute atomic E-state index is 0.778. The van der Waals surface area contributed by atoms with Crippen LogP contribution in [0.25, 0.3) is 0 Å². The monoisotopic (exact) mass is 197 g/mol. The predicted molar refractivity (Wildman–Crippen MR) is 51.7 cm³/mol. The lowest BCUT2D eigenvalue weighted by atomic mass is 10.5. The molecule has 1 fully saturated rings. The number of aryl methyl sites for hydroxylation is 1. The summed E-state index contributed by atoms with van der Waals surface area (Å²) in [5.74, 6) is 0.939. The predicted octanol–water partition coefficient (Wildman–Crippen LogP) is -0.0429. The summed E-state index contributed by atoms with van der Waals surface area (Å²) in [4.78, 5) is 0. The fourth-order valence-corrected chi connectivity index (χ4v) is 1.41. The van der Waals surface area contributed by atoms with Crippen LogP contribution >= 0.6 is 0 Å². The molecule has 0 atom stereocenters. The first kappa shape index (κ1) is 9.42. The minimum atomic E-state index is 0.778. The number of hydrazine groups is 1. The van der Waals surface area contributed by atoms with Gasteiger partial charge < -0.3 is 10.2 Å². The molecular formula is C8H15N5O. The lowest BCUT2D eigenvalue weighted by Crippen LogP contribution is -2.40. The van der Waals surface area contributed by atoms with E-state index in [2.05, 4.69) is 20.7 Å². The van der Waals surface area contributed by atoms with Gasteiger partial charge in [-0.15, -0.1) is 5.10 Å². The zero-order valence-electron chi connectivity index (χ0n) is 8.31. The van der Waals surface area contributed by atoms with Gasteiger partial charge in [0.25, 0.3) is 0 Å². The molecule has 0 unspecified atom stereocenters. The standard InChI is InChI=1S/C8H15N5O/c1-2-13-8(7-9-11-13)10-12-3-5-14-6-4-12/h7,10H,2-6H2,1H3. The molecule has 0 saturated carbocycles. The van der Waals surface area contributed by atoms with Crippen molar-refractivity contribution in [1.29, 1.82) is 0 Å². The van der Waals surface area contributed by atoms with E-state index < -0.39 is 0 Å². The lowest BCUT2D eigenvalue weighted by molar-refractivity contribution is 0.0492. The van der Waals surface area contributed by atoms with E-state index in [9.17, 15) is 0 Å². The van der Waals surface area contributed by atoms with E-state index in [1.54, 1.807) is 6.20 Å².